The maximum atomic E-state index is 13.7. The van der Waals surface area contributed by atoms with Crippen molar-refractivity contribution < 1.29 is 8.78 Å². The number of fused-ring (bicyclic) bond motifs is 2. The molecule has 0 aliphatic carbocycles. The van der Waals surface area contributed by atoms with E-state index >= 15 is 0 Å². The van der Waals surface area contributed by atoms with E-state index in [1.54, 1.807) is 29.3 Å². The summed E-state index contributed by atoms with van der Waals surface area (Å²) in [6, 6.07) is 2.52. The van der Waals surface area contributed by atoms with Gasteiger partial charge < -0.3 is 4.98 Å². The maximum Gasteiger partial charge on any atom is 0.186 e. The molecular formula is C13H7F2N5. The molecule has 0 amide bonds. The first-order chi connectivity index (χ1) is 9.74. The number of halogens is 2. The average molecular weight is 271 g/mol. The highest BCUT2D eigenvalue weighted by Gasteiger charge is 2.15. The summed E-state index contributed by atoms with van der Waals surface area (Å²) in [5.74, 6) is -1.45. The highest BCUT2D eigenvalue weighted by molar-refractivity contribution is 5.84. The van der Waals surface area contributed by atoms with Crippen molar-refractivity contribution in [1.82, 2.24) is 24.6 Å². The van der Waals surface area contributed by atoms with E-state index in [1.807, 2.05) is 0 Å². The molecule has 20 heavy (non-hydrogen) atoms. The average Bonchev–Trinajstić information content (AvgIpc) is 3.06. The maximum absolute atomic E-state index is 13.7. The van der Waals surface area contributed by atoms with Gasteiger partial charge >= 0.3 is 0 Å². The molecular weight excluding hydrogens is 264 g/mol. The van der Waals surface area contributed by atoms with Gasteiger partial charge in [0.2, 0.25) is 0 Å². The van der Waals surface area contributed by atoms with E-state index in [4.69, 9.17) is 0 Å². The van der Waals surface area contributed by atoms with Crippen molar-refractivity contribution in [3.8, 4) is 11.4 Å². The van der Waals surface area contributed by atoms with Crippen LogP contribution in [-0.4, -0.2) is 24.6 Å². The van der Waals surface area contributed by atoms with Crippen LogP contribution in [0.3, 0.4) is 0 Å². The van der Waals surface area contributed by atoms with Crippen LogP contribution in [0, 0.1) is 11.6 Å². The number of aromatic nitrogens is 5. The van der Waals surface area contributed by atoms with Crippen molar-refractivity contribution in [2.45, 2.75) is 0 Å². The summed E-state index contributed by atoms with van der Waals surface area (Å²) < 4.78 is 28.5. The van der Waals surface area contributed by atoms with Gasteiger partial charge in [-0.15, -0.1) is 0 Å². The Morgan fingerprint density at radius 3 is 2.95 bits per heavy atom. The monoisotopic (exact) mass is 271 g/mol. The molecule has 1 N–H and O–H groups in total. The van der Waals surface area contributed by atoms with Gasteiger partial charge in [0, 0.05) is 12.4 Å². The predicted octanol–water partition coefficient (Wildman–Crippen LogP) is 2.55. The molecule has 0 saturated heterocycles. The zero-order valence-electron chi connectivity index (χ0n) is 10.0. The summed E-state index contributed by atoms with van der Waals surface area (Å²) in [6.07, 6.45) is 6.54. The number of rotatable bonds is 1. The molecule has 0 atom stereocenters. The summed E-state index contributed by atoms with van der Waals surface area (Å²) in [5.41, 5.74) is 1.81. The van der Waals surface area contributed by atoms with Crippen LogP contribution in [0.5, 0.6) is 0 Å². The minimum Gasteiger partial charge on any atom is -0.338 e. The lowest BCUT2D eigenvalue weighted by Gasteiger charge is -1.93. The molecule has 0 saturated carbocycles. The fraction of sp³-hybridized carbons (Fsp3) is 0. The van der Waals surface area contributed by atoms with Crippen LogP contribution in [0.4, 0.5) is 8.78 Å². The molecule has 0 unspecified atom stereocenters. The topological polar surface area (TPSA) is 58.9 Å². The van der Waals surface area contributed by atoms with Gasteiger partial charge in [0.05, 0.1) is 29.0 Å². The van der Waals surface area contributed by atoms with E-state index < -0.39 is 11.6 Å². The smallest absolute Gasteiger partial charge is 0.186 e. The quantitative estimate of drug-likeness (QED) is 0.578. The number of aromatic amines is 1. The van der Waals surface area contributed by atoms with Gasteiger partial charge in [-0.25, -0.2) is 18.3 Å². The minimum absolute atomic E-state index is 0.0248. The van der Waals surface area contributed by atoms with E-state index in [2.05, 4.69) is 20.1 Å². The first kappa shape index (κ1) is 11.0. The molecule has 0 bridgehead atoms. The molecule has 3 aromatic heterocycles. The molecule has 0 aliphatic heterocycles. The second-order valence-corrected chi connectivity index (χ2v) is 4.31. The van der Waals surface area contributed by atoms with Gasteiger partial charge in [-0.3, -0.25) is 4.98 Å². The van der Waals surface area contributed by atoms with Crippen LogP contribution < -0.4 is 0 Å². The fourth-order valence-electron chi connectivity index (χ4n) is 2.16. The predicted molar refractivity (Wildman–Crippen MR) is 68.0 cm³/mol. The molecule has 0 fully saturated rings. The number of hydrogen-bond donors (Lipinski definition) is 1. The SMILES string of the molecule is Fc1ccc2[nH]c(-c3cnn4ccncc34)nc2c1F. The number of H-pyrrole nitrogens is 1. The van der Waals surface area contributed by atoms with Gasteiger partial charge in [0.25, 0.3) is 0 Å². The summed E-state index contributed by atoms with van der Waals surface area (Å²) in [4.78, 5) is 11.1. The van der Waals surface area contributed by atoms with E-state index in [9.17, 15) is 8.78 Å². The number of nitrogens with one attached hydrogen (secondary N) is 1. The number of benzene rings is 1. The van der Waals surface area contributed by atoms with Crippen molar-refractivity contribution in [1.29, 1.82) is 0 Å². The van der Waals surface area contributed by atoms with Crippen LogP contribution in [0.1, 0.15) is 0 Å². The van der Waals surface area contributed by atoms with Crippen molar-refractivity contribution in [2.75, 3.05) is 0 Å². The van der Waals surface area contributed by atoms with Crippen molar-refractivity contribution in [2.24, 2.45) is 0 Å². The van der Waals surface area contributed by atoms with Crippen molar-refractivity contribution in [3.63, 3.8) is 0 Å². The Balaban J connectivity index is 2.01. The highest BCUT2D eigenvalue weighted by atomic mass is 19.2. The zero-order valence-corrected chi connectivity index (χ0v) is 10.0. The Labute approximate surface area is 110 Å². The van der Waals surface area contributed by atoms with Gasteiger partial charge in [0.15, 0.2) is 11.6 Å². The van der Waals surface area contributed by atoms with Crippen molar-refractivity contribution >= 4 is 16.6 Å². The van der Waals surface area contributed by atoms with Gasteiger partial charge in [-0.05, 0) is 12.1 Å². The Bertz CT molecular complexity index is 940. The number of nitrogens with zero attached hydrogens (tertiary/aromatic N) is 4. The molecule has 0 aliphatic rings. The Morgan fingerprint density at radius 2 is 2.05 bits per heavy atom. The lowest BCUT2D eigenvalue weighted by Crippen LogP contribution is -1.86. The molecule has 98 valence electrons. The third-order valence-corrected chi connectivity index (χ3v) is 3.13. The van der Waals surface area contributed by atoms with Crippen LogP contribution in [0.15, 0.2) is 36.9 Å². The standard InChI is InChI=1S/C13H7F2N5/c14-8-1-2-9-12(11(8)15)19-13(18-9)7-5-17-20-4-3-16-6-10(7)20/h1-6H,(H,18,19). The lowest BCUT2D eigenvalue weighted by atomic mass is 10.3. The summed E-state index contributed by atoms with van der Waals surface area (Å²) in [5, 5.41) is 4.15. The largest absolute Gasteiger partial charge is 0.338 e. The molecule has 4 aromatic rings. The zero-order chi connectivity index (χ0) is 13.7. The lowest BCUT2D eigenvalue weighted by molar-refractivity contribution is 0.515. The van der Waals surface area contributed by atoms with E-state index in [0.29, 0.717) is 16.9 Å². The Kier molecular flexibility index (Phi) is 2.11. The third kappa shape index (κ3) is 1.43. The van der Waals surface area contributed by atoms with Crippen LogP contribution in [0.2, 0.25) is 0 Å². The molecule has 0 radical (unpaired) electrons. The van der Waals surface area contributed by atoms with E-state index in [-0.39, 0.29) is 5.52 Å². The van der Waals surface area contributed by atoms with Crippen LogP contribution in [0.25, 0.3) is 27.9 Å². The third-order valence-electron chi connectivity index (χ3n) is 3.13. The fourth-order valence-corrected chi connectivity index (χ4v) is 2.16. The summed E-state index contributed by atoms with van der Waals surface area (Å²) >= 11 is 0. The van der Waals surface area contributed by atoms with Gasteiger partial charge in [-0.2, -0.15) is 5.10 Å². The number of hydrogen-bond acceptors (Lipinski definition) is 3. The molecule has 3 heterocycles. The second kappa shape index (κ2) is 3.83. The van der Waals surface area contributed by atoms with E-state index in [1.165, 1.54) is 6.07 Å². The van der Waals surface area contributed by atoms with Gasteiger partial charge in [-0.1, -0.05) is 0 Å². The molecule has 7 heteroatoms. The first-order valence-electron chi connectivity index (χ1n) is 5.85. The normalized spacial score (nSPS) is 11.5. The minimum atomic E-state index is -0.959. The Morgan fingerprint density at radius 1 is 1.15 bits per heavy atom. The van der Waals surface area contributed by atoms with Crippen LogP contribution >= 0.6 is 0 Å². The molecule has 0 spiro atoms. The first-order valence-corrected chi connectivity index (χ1v) is 5.85. The van der Waals surface area contributed by atoms with Crippen LogP contribution in [-0.2, 0) is 0 Å². The summed E-state index contributed by atoms with van der Waals surface area (Å²) in [6.45, 7) is 0. The Hall–Kier alpha value is -2.83. The number of imidazole rings is 1. The molecule has 1 aromatic carbocycles. The van der Waals surface area contributed by atoms with Crippen molar-refractivity contribution in [3.05, 3.63) is 48.6 Å². The molecule has 5 nitrogen and oxygen atoms in total. The highest BCUT2D eigenvalue weighted by Crippen LogP contribution is 2.26. The summed E-state index contributed by atoms with van der Waals surface area (Å²) in [7, 11) is 0. The molecule has 4 rings (SSSR count). The van der Waals surface area contributed by atoms with E-state index in [0.717, 1.165) is 11.6 Å². The van der Waals surface area contributed by atoms with Gasteiger partial charge in [0.1, 0.15) is 11.3 Å². The second-order valence-electron chi connectivity index (χ2n) is 4.31.